The number of nitrogens with two attached hydrogens (primary N) is 1. The Hall–Kier alpha value is -1.50. The van der Waals surface area contributed by atoms with E-state index in [4.69, 9.17) is 17.3 Å². The molecule has 104 valence electrons. The van der Waals surface area contributed by atoms with Crippen LogP contribution in [0.15, 0.2) is 6.07 Å². The first-order valence-corrected chi connectivity index (χ1v) is 6.23. The Kier molecular flexibility index (Phi) is 3.84. The Morgan fingerprint density at radius 3 is 2.79 bits per heavy atom. The smallest absolute Gasteiger partial charge is 0.271 e. The molecule has 0 unspecified atom stereocenters. The molecule has 0 spiro atoms. The second kappa shape index (κ2) is 5.24. The fourth-order valence-corrected chi connectivity index (χ4v) is 2.22. The van der Waals surface area contributed by atoms with Crippen LogP contribution in [0.25, 0.3) is 0 Å². The van der Waals surface area contributed by atoms with Crippen LogP contribution in [0.3, 0.4) is 0 Å². The summed E-state index contributed by atoms with van der Waals surface area (Å²) in [6.07, 6.45) is -0.113. The van der Waals surface area contributed by atoms with Crippen LogP contribution in [0.4, 0.5) is 14.5 Å². The standard InChI is InChI=1S/C11H13ClF2N4O/c12-8-6-7(9(10(15)19)17-16-8)18-4-1-2-11(13,14)3-5-18/h6H,1-5H2,(H2,15,19). The molecule has 1 aliphatic rings. The van der Waals surface area contributed by atoms with E-state index in [9.17, 15) is 13.6 Å². The van der Waals surface area contributed by atoms with Gasteiger partial charge in [0.25, 0.3) is 5.91 Å². The normalized spacial score (nSPS) is 19.0. The summed E-state index contributed by atoms with van der Waals surface area (Å²) in [6.45, 7) is 0.521. The first-order valence-electron chi connectivity index (χ1n) is 5.85. The average Bonchev–Trinajstić information content (AvgIpc) is 2.49. The first-order chi connectivity index (χ1) is 8.89. The number of alkyl halides is 2. The van der Waals surface area contributed by atoms with Crippen LogP contribution in [-0.4, -0.2) is 35.1 Å². The molecule has 1 saturated heterocycles. The van der Waals surface area contributed by atoms with Crippen molar-refractivity contribution >= 4 is 23.2 Å². The Bertz CT molecular complexity index is 498. The molecule has 5 nitrogen and oxygen atoms in total. The molecule has 1 aliphatic heterocycles. The Labute approximate surface area is 113 Å². The highest BCUT2D eigenvalue weighted by Crippen LogP contribution is 2.31. The molecular formula is C11H13ClF2N4O. The largest absolute Gasteiger partial charge is 0.369 e. The molecule has 8 heteroatoms. The van der Waals surface area contributed by atoms with Gasteiger partial charge in [0.2, 0.25) is 5.92 Å². The van der Waals surface area contributed by atoms with Gasteiger partial charge in [-0.05, 0) is 6.42 Å². The van der Waals surface area contributed by atoms with Crippen LogP contribution >= 0.6 is 11.6 Å². The van der Waals surface area contributed by atoms with Gasteiger partial charge >= 0.3 is 0 Å². The molecule has 1 amide bonds. The van der Waals surface area contributed by atoms with Crippen molar-refractivity contribution in [3.63, 3.8) is 0 Å². The highest BCUT2D eigenvalue weighted by molar-refractivity contribution is 6.29. The van der Waals surface area contributed by atoms with E-state index in [1.807, 2.05) is 0 Å². The van der Waals surface area contributed by atoms with Crippen molar-refractivity contribution in [1.82, 2.24) is 10.2 Å². The summed E-state index contributed by atoms with van der Waals surface area (Å²) in [7, 11) is 0. The van der Waals surface area contributed by atoms with E-state index in [0.29, 0.717) is 18.7 Å². The van der Waals surface area contributed by atoms with Crippen molar-refractivity contribution in [2.45, 2.75) is 25.2 Å². The lowest BCUT2D eigenvalue weighted by molar-refractivity contribution is -0.0102. The zero-order chi connectivity index (χ0) is 14.0. The number of anilines is 1. The van der Waals surface area contributed by atoms with Gasteiger partial charge in [0.05, 0.1) is 5.69 Å². The molecule has 0 aromatic carbocycles. The van der Waals surface area contributed by atoms with Gasteiger partial charge < -0.3 is 10.6 Å². The van der Waals surface area contributed by atoms with Crippen molar-refractivity contribution in [2.24, 2.45) is 5.73 Å². The van der Waals surface area contributed by atoms with Gasteiger partial charge in [0.1, 0.15) is 0 Å². The van der Waals surface area contributed by atoms with Gasteiger partial charge in [0.15, 0.2) is 10.8 Å². The molecule has 2 heterocycles. The number of primary amides is 1. The van der Waals surface area contributed by atoms with Crippen molar-refractivity contribution in [3.05, 3.63) is 16.9 Å². The number of hydrogen-bond donors (Lipinski definition) is 1. The van der Waals surface area contributed by atoms with E-state index in [1.54, 1.807) is 4.90 Å². The quantitative estimate of drug-likeness (QED) is 0.902. The number of aromatic nitrogens is 2. The van der Waals surface area contributed by atoms with Crippen molar-refractivity contribution in [2.75, 3.05) is 18.0 Å². The van der Waals surface area contributed by atoms with Gasteiger partial charge in [-0.15, -0.1) is 10.2 Å². The lowest BCUT2D eigenvalue weighted by Gasteiger charge is -2.23. The van der Waals surface area contributed by atoms with Crippen LogP contribution < -0.4 is 10.6 Å². The topological polar surface area (TPSA) is 72.1 Å². The van der Waals surface area contributed by atoms with Crippen LogP contribution in [0.1, 0.15) is 29.8 Å². The summed E-state index contributed by atoms with van der Waals surface area (Å²) in [5, 5.41) is 7.28. The predicted octanol–water partition coefficient (Wildman–Crippen LogP) is 1.85. The summed E-state index contributed by atoms with van der Waals surface area (Å²) in [5.41, 5.74) is 5.52. The third kappa shape index (κ3) is 3.28. The van der Waals surface area contributed by atoms with E-state index in [1.165, 1.54) is 6.07 Å². The molecule has 0 radical (unpaired) electrons. The Balaban J connectivity index is 2.30. The van der Waals surface area contributed by atoms with Gasteiger partial charge in [-0.3, -0.25) is 4.79 Å². The van der Waals surface area contributed by atoms with Crippen molar-refractivity contribution in [1.29, 1.82) is 0 Å². The number of nitrogens with zero attached hydrogens (tertiary/aromatic N) is 3. The van der Waals surface area contributed by atoms with E-state index >= 15 is 0 Å². The minimum atomic E-state index is -2.67. The van der Waals surface area contributed by atoms with Crippen LogP contribution in [0.5, 0.6) is 0 Å². The fraction of sp³-hybridized carbons (Fsp3) is 0.545. The minimum absolute atomic E-state index is 0.0467. The highest BCUT2D eigenvalue weighted by atomic mass is 35.5. The fourth-order valence-electron chi connectivity index (χ4n) is 2.08. The molecule has 0 atom stereocenters. The molecule has 2 N–H and O–H groups in total. The van der Waals surface area contributed by atoms with Crippen molar-refractivity contribution < 1.29 is 13.6 Å². The lowest BCUT2D eigenvalue weighted by atomic mass is 10.1. The van der Waals surface area contributed by atoms with E-state index < -0.39 is 11.8 Å². The average molecular weight is 291 g/mol. The predicted molar refractivity (Wildman–Crippen MR) is 66.6 cm³/mol. The summed E-state index contributed by atoms with van der Waals surface area (Å²) in [4.78, 5) is 12.9. The van der Waals surface area contributed by atoms with Gasteiger partial charge in [-0.2, -0.15) is 0 Å². The SMILES string of the molecule is NC(=O)c1nnc(Cl)cc1N1CCCC(F)(F)CC1. The van der Waals surface area contributed by atoms with Crippen molar-refractivity contribution in [3.8, 4) is 0 Å². The molecule has 1 aromatic heterocycles. The van der Waals surface area contributed by atoms with E-state index in [2.05, 4.69) is 10.2 Å². The molecule has 1 fully saturated rings. The monoisotopic (exact) mass is 290 g/mol. The van der Waals surface area contributed by atoms with Gasteiger partial charge in [0, 0.05) is 32.0 Å². The zero-order valence-corrected chi connectivity index (χ0v) is 10.8. The van der Waals surface area contributed by atoms with E-state index in [0.717, 1.165) is 0 Å². The number of carbonyl (C=O) groups excluding carboxylic acids is 1. The number of carbonyl (C=O) groups is 1. The van der Waals surface area contributed by atoms with Crippen LogP contribution in [-0.2, 0) is 0 Å². The third-order valence-electron chi connectivity index (χ3n) is 3.04. The minimum Gasteiger partial charge on any atom is -0.369 e. The Morgan fingerprint density at radius 2 is 2.11 bits per heavy atom. The van der Waals surface area contributed by atoms with Crippen LogP contribution in [0.2, 0.25) is 5.15 Å². The Morgan fingerprint density at radius 1 is 1.37 bits per heavy atom. The molecule has 2 rings (SSSR count). The molecule has 0 aliphatic carbocycles. The molecule has 1 aromatic rings. The summed E-state index contributed by atoms with van der Waals surface area (Å²) < 4.78 is 26.6. The maximum Gasteiger partial charge on any atom is 0.271 e. The molecule has 19 heavy (non-hydrogen) atoms. The maximum absolute atomic E-state index is 13.3. The molecular weight excluding hydrogens is 278 g/mol. The summed E-state index contributed by atoms with van der Waals surface area (Å²) >= 11 is 5.74. The van der Waals surface area contributed by atoms with E-state index in [-0.39, 0.29) is 30.2 Å². The summed E-state index contributed by atoms with van der Waals surface area (Å²) in [6, 6.07) is 1.43. The summed E-state index contributed by atoms with van der Waals surface area (Å²) in [5.74, 6) is -3.43. The number of halogens is 3. The number of amides is 1. The third-order valence-corrected chi connectivity index (χ3v) is 3.22. The second-order valence-electron chi connectivity index (χ2n) is 4.46. The molecule has 0 saturated carbocycles. The highest BCUT2D eigenvalue weighted by Gasteiger charge is 2.32. The first kappa shape index (κ1) is 13.9. The maximum atomic E-state index is 13.3. The van der Waals surface area contributed by atoms with Gasteiger partial charge in [-0.1, -0.05) is 11.6 Å². The molecule has 0 bridgehead atoms. The van der Waals surface area contributed by atoms with Crippen LogP contribution in [0, 0.1) is 0 Å². The zero-order valence-electron chi connectivity index (χ0n) is 10.1. The van der Waals surface area contributed by atoms with Gasteiger partial charge in [-0.25, -0.2) is 8.78 Å². The second-order valence-corrected chi connectivity index (χ2v) is 4.85. The number of hydrogen-bond acceptors (Lipinski definition) is 4. The number of rotatable bonds is 2. The lowest BCUT2D eigenvalue weighted by Crippen LogP contribution is -2.29.